The highest BCUT2D eigenvalue weighted by Crippen LogP contribution is 2.20. The van der Waals surface area contributed by atoms with E-state index in [-0.39, 0.29) is 0 Å². The number of hydrogen-bond acceptors (Lipinski definition) is 4. The first-order valence-corrected chi connectivity index (χ1v) is 5.62. The van der Waals surface area contributed by atoms with E-state index in [0.29, 0.717) is 17.1 Å². The molecule has 0 saturated carbocycles. The lowest BCUT2D eigenvalue weighted by Gasteiger charge is -2.08. The first kappa shape index (κ1) is 12.4. The number of primary amides is 1. The molecule has 0 radical (unpaired) electrons. The van der Waals surface area contributed by atoms with Gasteiger partial charge in [-0.2, -0.15) is 0 Å². The van der Waals surface area contributed by atoms with Crippen molar-refractivity contribution >= 4 is 23.2 Å². The molecule has 1 amide bonds. The number of halogens is 1. The molecule has 0 bridgehead atoms. The number of benzene rings is 1. The van der Waals surface area contributed by atoms with E-state index in [1.807, 2.05) is 0 Å². The van der Waals surface area contributed by atoms with Crippen LogP contribution < -0.4 is 11.1 Å². The third-order valence-electron chi connectivity index (χ3n) is 2.51. The Balaban J connectivity index is 2.13. The summed E-state index contributed by atoms with van der Waals surface area (Å²) in [6, 6.07) is 5.03. The average molecular weight is 266 g/mol. The van der Waals surface area contributed by atoms with Crippen molar-refractivity contribution in [2.45, 2.75) is 6.54 Å². The van der Waals surface area contributed by atoms with Crippen LogP contribution in [0.5, 0.6) is 0 Å². The molecule has 2 rings (SSSR count). The maximum absolute atomic E-state index is 11.1. The van der Waals surface area contributed by atoms with Crippen molar-refractivity contribution in [3.05, 3.63) is 40.7 Å². The van der Waals surface area contributed by atoms with E-state index >= 15 is 0 Å². The lowest BCUT2D eigenvalue weighted by Crippen LogP contribution is -2.12. The molecule has 0 saturated heterocycles. The Morgan fingerprint density at radius 3 is 2.94 bits per heavy atom. The van der Waals surface area contributed by atoms with E-state index in [9.17, 15) is 4.79 Å². The molecule has 2 aromatic rings. The predicted molar refractivity (Wildman–Crippen MR) is 68.3 cm³/mol. The van der Waals surface area contributed by atoms with Crippen molar-refractivity contribution in [3.63, 3.8) is 0 Å². The number of anilines is 1. The molecule has 1 heterocycles. The Labute approximate surface area is 109 Å². The zero-order chi connectivity index (χ0) is 13.1. The van der Waals surface area contributed by atoms with Crippen molar-refractivity contribution in [1.82, 2.24) is 15.0 Å². The number of nitrogens with one attached hydrogen (secondary N) is 1. The summed E-state index contributed by atoms with van der Waals surface area (Å²) < 4.78 is 1.66. The molecule has 0 atom stereocenters. The fraction of sp³-hybridized carbons (Fsp3) is 0.182. The monoisotopic (exact) mass is 265 g/mol. The lowest BCUT2D eigenvalue weighted by atomic mass is 10.2. The van der Waals surface area contributed by atoms with Gasteiger partial charge in [-0.25, -0.2) is 0 Å². The van der Waals surface area contributed by atoms with Crippen LogP contribution in [0.15, 0.2) is 24.4 Å². The molecule has 7 heteroatoms. The molecular weight excluding hydrogens is 254 g/mol. The van der Waals surface area contributed by atoms with Crippen LogP contribution in [0.1, 0.15) is 16.1 Å². The average Bonchev–Trinajstić information content (AvgIpc) is 2.73. The molecule has 1 aromatic carbocycles. The summed E-state index contributed by atoms with van der Waals surface area (Å²) in [6.07, 6.45) is 1.66. The molecular formula is C11H12ClN5O. The minimum Gasteiger partial charge on any atom is -0.379 e. The van der Waals surface area contributed by atoms with E-state index in [2.05, 4.69) is 15.6 Å². The number of amides is 1. The molecule has 1 aromatic heterocycles. The zero-order valence-electron chi connectivity index (χ0n) is 9.72. The van der Waals surface area contributed by atoms with Crippen LogP contribution in [-0.2, 0) is 13.6 Å². The van der Waals surface area contributed by atoms with Gasteiger partial charge in [-0.15, -0.1) is 5.10 Å². The number of rotatable bonds is 4. The standard InChI is InChI=1S/C11H12ClN5O/c1-17-8(6-15-16-17)5-14-7-2-3-10(12)9(4-7)11(13)18/h2-4,6,14H,5H2,1H3,(H2,13,18). The minimum atomic E-state index is -0.550. The highest BCUT2D eigenvalue weighted by molar-refractivity contribution is 6.33. The van der Waals surface area contributed by atoms with Crippen LogP contribution in [0.3, 0.4) is 0 Å². The van der Waals surface area contributed by atoms with E-state index in [0.717, 1.165) is 11.4 Å². The first-order chi connectivity index (χ1) is 8.58. The number of aryl methyl sites for hydroxylation is 1. The van der Waals surface area contributed by atoms with Gasteiger partial charge in [0.1, 0.15) is 0 Å². The summed E-state index contributed by atoms with van der Waals surface area (Å²) in [6.45, 7) is 0.545. The second-order valence-corrected chi connectivity index (χ2v) is 4.17. The van der Waals surface area contributed by atoms with Gasteiger partial charge in [0.2, 0.25) is 5.91 Å². The Kier molecular flexibility index (Phi) is 3.47. The highest BCUT2D eigenvalue weighted by atomic mass is 35.5. The second-order valence-electron chi connectivity index (χ2n) is 3.76. The number of aromatic nitrogens is 3. The van der Waals surface area contributed by atoms with Gasteiger partial charge in [-0.05, 0) is 18.2 Å². The van der Waals surface area contributed by atoms with Gasteiger partial charge >= 0.3 is 0 Å². The molecule has 3 N–H and O–H groups in total. The number of carbonyl (C=O) groups excluding carboxylic acids is 1. The molecule has 0 spiro atoms. The summed E-state index contributed by atoms with van der Waals surface area (Å²) in [4.78, 5) is 11.1. The second kappa shape index (κ2) is 5.05. The quantitative estimate of drug-likeness (QED) is 0.869. The molecule has 0 aliphatic heterocycles. The molecule has 0 aliphatic rings. The van der Waals surface area contributed by atoms with Gasteiger partial charge in [0, 0.05) is 12.7 Å². The lowest BCUT2D eigenvalue weighted by molar-refractivity contribution is 0.100. The Morgan fingerprint density at radius 1 is 1.56 bits per heavy atom. The maximum atomic E-state index is 11.1. The third kappa shape index (κ3) is 2.60. The largest absolute Gasteiger partial charge is 0.379 e. The van der Waals surface area contributed by atoms with Gasteiger partial charge < -0.3 is 11.1 Å². The summed E-state index contributed by atoms with van der Waals surface area (Å²) in [5.74, 6) is -0.550. The number of nitrogens with zero attached hydrogens (tertiary/aromatic N) is 3. The molecule has 0 fully saturated rings. The van der Waals surface area contributed by atoms with Crippen molar-refractivity contribution in [2.75, 3.05) is 5.32 Å². The topological polar surface area (TPSA) is 85.8 Å². The predicted octanol–water partition coefficient (Wildman–Crippen LogP) is 1.18. The van der Waals surface area contributed by atoms with Gasteiger partial charge in [-0.1, -0.05) is 16.8 Å². The van der Waals surface area contributed by atoms with Crippen LogP contribution in [0.2, 0.25) is 5.02 Å². The molecule has 94 valence electrons. The summed E-state index contributed by atoms with van der Waals surface area (Å²) >= 11 is 5.86. The SMILES string of the molecule is Cn1nncc1CNc1ccc(Cl)c(C(N)=O)c1. The van der Waals surface area contributed by atoms with Crippen LogP contribution in [0.4, 0.5) is 5.69 Å². The fourth-order valence-corrected chi connectivity index (χ4v) is 1.70. The number of carbonyl (C=O) groups is 1. The van der Waals surface area contributed by atoms with Crippen molar-refractivity contribution in [2.24, 2.45) is 12.8 Å². The van der Waals surface area contributed by atoms with Gasteiger partial charge in [0.05, 0.1) is 29.0 Å². The highest BCUT2D eigenvalue weighted by Gasteiger charge is 2.07. The fourth-order valence-electron chi connectivity index (χ4n) is 1.49. The van der Waals surface area contributed by atoms with E-state index in [1.54, 1.807) is 36.1 Å². The van der Waals surface area contributed by atoms with E-state index in [1.165, 1.54) is 0 Å². The van der Waals surface area contributed by atoms with E-state index < -0.39 is 5.91 Å². The Hall–Kier alpha value is -2.08. The van der Waals surface area contributed by atoms with Gasteiger partial charge in [0.25, 0.3) is 0 Å². The Bertz CT molecular complexity index is 581. The summed E-state index contributed by atoms with van der Waals surface area (Å²) in [7, 11) is 1.81. The van der Waals surface area contributed by atoms with Crippen molar-refractivity contribution in [1.29, 1.82) is 0 Å². The van der Waals surface area contributed by atoms with Crippen LogP contribution >= 0.6 is 11.6 Å². The number of hydrogen-bond donors (Lipinski definition) is 2. The van der Waals surface area contributed by atoms with Gasteiger partial charge in [0.15, 0.2) is 0 Å². The molecule has 18 heavy (non-hydrogen) atoms. The zero-order valence-corrected chi connectivity index (χ0v) is 10.5. The Morgan fingerprint density at radius 2 is 2.33 bits per heavy atom. The smallest absolute Gasteiger partial charge is 0.250 e. The van der Waals surface area contributed by atoms with Crippen LogP contribution in [0, 0.1) is 0 Å². The molecule has 0 unspecified atom stereocenters. The van der Waals surface area contributed by atoms with Crippen LogP contribution in [0.25, 0.3) is 0 Å². The van der Waals surface area contributed by atoms with Gasteiger partial charge in [-0.3, -0.25) is 9.48 Å². The molecule has 6 nitrogen and oxygen atoms in total. The number of nitrogens with two attached hydrogens (primary N) is 1. The first-order valence-electron chi connectivity index (χ1n) is 5.24. The van der Waals surface area contributed by atoms with Crippen molar-refractivity contribution in [3.8, 4) is 0 Å². The van der Waals surface area contributed by atoms with E-state index in [4.69, 9.17) is 17.3 Å². The molecule has 0 aliphatic carbocycles. The van der Waals surface area contributed by atoms with Crippen molar-refractivity contribution < 1.29 is 4.79 Å². The maximum Gasteiger partial charge on any atom is 0.250 e. The summed E-state index contributed by atoms with van der Waals surface area (Å²) in [5, 5.41) is 11.1. The normalized spacial score (nSPS) is 10.3. The minimum absolute atomic E-state index is 0.296. The van der Waals surface area contributed by atoms with Crippen LogP contribution in [-0.4, -0.2) is 20.9 Å². The third-order valence-corrected chi connectivity index (χ3v) is 2.84. The summed E-state index contributed by atoms with van der Waals surface area (Å²) in [5.41, 5.74) is 7.20.